The van der Waals surface area contributed by atoms with Crippen molar-refractivity contribution in [1.82, 2.24) is 0 Å². The second-order valence-corrected chi connectivity index (χ2v) is 3.00. The Bertz CT molecular complexity index is 365. The molecule has 1 aromatic carbocycles. The van der Waals surface area contributed by atoms with E-state index in [1.54, 1.807) is 12.1 Å². The molecule has 0 radical (unpaired) electrons. The average molecular weight is 225 g/mol. The predicted octanol–water partition coefficient (Wildman–Crippen LogP) is 1.43. The molecule has 0 saturated heterocycles. The molecule has 0 amide bonds. The van der Waals surface area contributed by atoms with E-state index in [0.717, 1.165) is 0 Å². The lowest BCUT2D eigenvalue weighted by Gasteiger charge is -2.09. The van der Waals surface area contributed by atoms with Gasteiger partial charge in [-0.25, -0.2) is 4.79 Å². The minimum Gasteiger partial charge on any atom is -0.465 e. The van der Waals surface area contributed by atoms with E-state index in [1.165, 1.54) is 13.2 Å². The van der Waals surface area contributed by atoms with Crippen molar-refractivity contribution in [2.45, 2.75) is 6.92 Å². The van der Waals surface area contributed by atoms with Crippen LogP contribution in [0.4, 0.5) is 5.69 Å². The monoisotopic (exact) mass is 225 g/mol. The fraction of sp³-hybridized carbons (Fsp3) is 0.364. The summed E-state index contributed by atoms with van der Waals surface area (Å²) >= 11 is 0. The molecule has 0 aliphatic heterocycles. The van der Waals surface area contributed by atoms with E-state index in [-0.39, 0.29) is 6.79 Å². The minimum atomic E-state index is -0.428. The SMILES string of the molecule is CCOCOc1ccc(C(=O)OC)cc1N. The quantitative estimate of drug-likeness (QED) is 0.355. The molecule has 0 aromatic heterocycles. The highest BCUT2D eigenvalue weighted by Crippen LogP contribution is 2.22. The number of rotatable bonds is 5. The van der Waals surface area contributed by atoms with Gasteiger partial charge in [-0.05, 0) is 25.1 Å². The van der Waals surface area contributed by atoms with E-state index < -0.39 is 5.97 Å². The number of hydrogen-bond donors (Lipinski definition) is 1. The number of methoxy groups -OCH3 is 1. The number of hydrogen-bond acceptors (Lipinski definition) is 5. The highest BCUT2D eigenvalue weighted by molar-refractivity contribution is 5.90. The zero-order chi connectivity index (χ0) is 12.0. The first-order valence-corrected chi connectivity index (χ1v) is 4.87. The van der Waals surface area contributed by atoms with Crippen molar-refractivity contribution in [2.24, 2.45) is 0 Å². The van der Waals surface area contributed by atoms with Gasteiger partial charge in [-0.15, -0.1) is 0 Å². The second kappa shape index (κ2) is 5.97. The Labute approximate surface area is 94.1 Å². The minimum absolute atomic E-state index is 0.137. The molecule has 1 aromatic rings. The molecular formula is C11H15NO4. The van der Waals surface area contributed by atoms with Gasteiger partial charge in [0.25, 0.3) is 0 Å². The van der Waals surface area contributed by atoms with Crippen LogP contribution in [0.3, 0.4) is 0 Å². The van der Waals surface area contributed by atoms with E-state index in [1.807, 2.05) is 6.92 Å². The Morgan fingerprint density at radius 3 is 2.75 bits per heavy atom. The maximum atomic E-state index is 11.2. The van der Waals surface area contributed by atoms with E-state index in [0.29, 0.717) is 23.6 Å². The molecule has 0 bridgehead atoms. The molecule has 0 atom stereocenters. The molecule has 5 heteroatoms. The van der Waals surface area contributed by atoms with Gasteiger partial charge in [-0.1, -0.05) is 0 Å². The summed E-state index contributed by atoms with van der Waals surface area (Å²) < 4.78 is 14.8. The molecule has 5 nitrogen and oxygen atoms in total. The van der Waals surface area contributed by atoms with Crippen LogP contribution in [-0.2, 0) is 9.47 Å². The Morgan fingerprint density at radius 1 is 1.44 bits per heavy atom. The summed E-state index contributed by atoms with van der Waals surface area (Å²) in [6.07, 6.45) is 0. The van der Waals surface area contributed by atoms with Gasteiger partial charge in [0.1, 0.15) is 5.75 Å². The largest absolute Gasteiger partial charge is 0.465 e. The summed E-state index contributed by atoms with van der Waals surface area (Å²) in [6.45, 7) is 2.57. The first-order chi connectivity index (χ1) is 7.69. The second-order valence-electron chi connectivity index (χ2n) is 3.00. The van der Waals surface area contributed by atoms with Crippen molar-refractivity contribution in [3.8, 4) is 5.75 Å². The van der Waals surface area contributed by atoms with Crippen molar-refractivity contribution in [3.05, 3.63) is 23.8 Å². The molecule has 16 heavy (non-hydrogen) atoms. The maximum Gasteiger partial charge on any atom is 0.337 e. The van der Waals surface area contributed by atoms with Gasteiger partial charge in [0.05, 0.1) is 18.4 Å². The lowest BCUT2D eigenvalue weighted by molar-refractivity contribution is 0.0228. The van der Waals surface area contributed by atoms with Crippen LogP contribution in [0, 0.1) is 0 Å². The summed E-state index contributed by atoms with van der Waals surface area (Å²) in [4.78, 5) is 11.2. The zero-order valence-electron chi connectivity index (χ0n) is 9.36. The van der Waals surface area contributed by atoms with E-state index in [2.05, 4.69) is 4.74 Å². The van der Waals surface area contributed by atoms with Crippen molar-refractivity contribution >= 4 is 11.7 Å². The van der Waals surface area contributed by atoms with Gasteiger partial charge in [0.2, 0.25) is 0 Å². The highest BCUT2D eigenvalue weighted by Gasteiger charge is 2.08. The van der Waals surface area contributed by atoms with Crippen molar-refractivity contribution in [1.29, 1.82) is 0 Å². The van der Waals surface area contributed by atoms with E-state index in [9.17, 15) is 4.79 Å². The number of anilines is 1. The predicted molar refractivity (Wildman–Crippen MR) is 59.3 cm³/mol. The molecule has 0 unspecified atom stereocenters. The summed E-state index contributed by atoms with van der Waals surface area (Å²) in [5.41, 5.74) is 6.48. The molecule has 1 rings (SSSR count). The van der Waals surface area contributed by atoms with Crippen LogP contribution in [0.5, 0.6) is 5.75 Å². The van der Waals surface area contributed by atoms with Gasteiger partial charge < -0.3 is 19.9 Å². The standard InChI is InChI=1S/C11H15NO4/c1-3-15-7-16-10-5-4-8(6-9(10)12)11(13)14-2/h4-6H,3,7,12H2,1-2H3. The van der Waals surface area contributed by atoms with Gasteiger partial charge in [-0.2, -0.15) is 0 Å². The summed E-state index contributed by atoms with van der Waals surface area (Å²) in [5.74, 6) is 0.0594. The Balaban J connectivity index is 2.71. The fourth-order valence-corrected chi connectivity index (χ4v) is 1.11. The van der Waals surface area contributed by atoms with Crippen LogP contribution >= 0.6 is 0 Å². The molecule has 0 fully saturated rings. The molecule has 88 valence electrons. The number of ether oxygens (including phenoxy) is 3. The van der Waals surface area contributed by atoms with Crippen LogP contribution < -0.4 is 10.5 Å². The summed E-state index contributed by atoms with van der Waals surface area (Å²) in [5, 5.41) is 0. The Kier molecular flexibility index (Phi) is 4.60. The summed E-state index contributed by atoms with van der Waals surface area (Å²) in [6, 6.07) is 4.71. The molecular weight excluding hydrogens is 210 g/mol. The van der Waals surface area contributed by atoms with Crippen molar-refractivity contribution < 1.29 is 19.0 Å². The number of carbonyl (C=O) groups excluding carboxylic acids is 1. The number of nitrogen functional groups attached to an aromatic ring is 1. The van der Waals surface area contributed by atoms with Crippen LogP contribution in [-0.4, -0.2) is 26.5 Å². The number of benzene rings is 1. The van der Waals surface area contributed by atoms with Crippen molar-refractivity contribution in [2.75, 3.05) is 26.2 Å². The average Bonchev–Trinajstić information content (AvgIpc) is 2.30. The van der Waals surface area contributed by atoms with Crippen LogP contribution in [0.2, 0.25) is 0 Å². The van der Waals surface area contributed by atoms with Crippen molar-refractivity contribution in [3.63, 3.8) is 0 Å². The lowest BCUT2D eigenvalue weighted by Crippen LogP contribution is -2.06. The third kappa shape index (κ3) is 3.13. The highest BCUT2D eigenvalue weighted by atomic mass is 16.7. The molecule has 0 saturated carbocycles. The van der Waals surface area contributed by atoms with Crippen LogP contribution in [0.1, 0.15) is 17.3 Å². The molecule has 2 N–H and O–H groups in total. The normalized spacial score (nSPS) is 9.88. The molecule has 0 heterocycles. The molecule has 0 aliphatic carbocycles. The topological polar surface area (TPSA) is 70.8 Å². The zero-order valence-corrected chi connectivity index (χ0v) is 9.36. The van der Waals surface area contributed by atoms with Crippen LogP contribution in [0.15, 0.2) is 18.2 Å². The fourth-order valence-electron chi connectivity index (χ4n) is 1.11. The lowest BCUT2D eigenvalue weighted by atomic mass is 10.2. The Hall–Kier alpha value is -1.75. The third-order valence-corrected chi connectivity index (χ3v) is 1.93. The number of carbonyl (C=O) groups is 1. The van der Waals surface area contributed by atoms with Gasteiger partial charge in [0.15, 0.2) is 6.79 Å². The van der Waals surface area contributed by atoms with Gasteiger partial charge in [-0.3, -0.25) is 0 Å². The molecule has 0 aliphatic rings. The smallest absolute Gasteiger partial charge is 0.337 e. The van der Waals surface area contributed by atoms with E-state index >= 15 is 0 Å². The number of esters is 1. The summed E-state index contributed by atoms with van der Waals surface area (Å²) in [7, 11) is 1.32. The third-order valence-electron chi connectivity index (χ3n) is 1.93. The van der Waals surface area contributed by atoms with E-state index in [4.69, 9.17) is 15.2 Å². The van der Waals surface area contributed by atoms with Gasteiger partial charge >= 0.3 is 5.97 Å². The Morgan fingerprint density at radius 2 is 2.19 bits per heavy atom. The first-order valence-electron chi connectivity index (χ1n) is 4.87. The van der Waals surface area contributed by atoms with Crippen LogP contribution in [0.25, 0.3) is 0 Å². The molecule has 0 spiro atoms. The number of nitrogens with two attached hydrogens (primary N) is 1. The maximum absolute atomic E-state index is 11.2. The first kappa shape index (κ1) is 12.3. The van der Waals surface area contributed by atoms with Gasteiger partial charge in [0, 0.05) is 6.61 Å².